The zero-order chi connectivity index (χ0) is 22.0. The standard InChI is InChI=1S/C23H24FN3O2.C2H6/c1-28-19-12-17-18(13-20(19)29-2)25-21(15-8-9-15)26-22(17)27-11-10-23(24,14-27)16-6-4-3-5-7-16;1-2/h3-7,12-13,15H,8-11,14H2,1-2H3;1-2H3. The maximum Gasteiger partial charge on any atom is 0.162 e. The van der Waals surface area contributed by atoms with Crippen molar-refractivity contribution in [3.63, 3.8) is 0 Å². The van der Waals surface area contributed by atoms with Gasteiger partial charge in [-0.3, -0.25) is 0 Å². The van der Waals surface area contributed by atoms with E-state index in [2.05, 4.69) is 4.90 Å². The van der Waals surface area contributed by atoms with Gasteiger partial charge in [0.05, 0.1) is 26.3 Å². The quantitative estimate of drug-likeness (QED) is 0.533. The van der Waals surface area contributed by atoms with Crippen molar-refractivity contribution < 1.29 is 13.9 Å². The Morgan fingerprint density at radius 2 is 1.68 bits per heavy atom. The first-order chi connectivity index (χ1) is 15.1. The molecule has 6 heteroatoms. The van der Waals surface area contributed by atoms with Gasteiger partial charge in [0.2, 0.25) is 0 Å². The lowest BCUT2D eigenvalue weighted by Crippen LogP contribution is -2.28. The van der Waals surface area contributed by atoms with Gasteiger partial charge in [-0.2, -0.15) is 0 Å². The number of alkyl halides is 1. The van der Waals surface area contributed by atoms with Crippen LogP contribution >= 0.6 is 0 Å². The molecule has 164 valence electrons. The fourth-order valence-electron chi connectivity index (χ4n) is 4.15. The molecule has 1 saturated heterocycles. The van der Waals surface area contributed by atoms with Gasteiger partial charge in [0.1, 0.15) is 11.6 Å². The number of methoxy groups -OCH3 is 2. The number of benzene rings is 2. The van der Waals surface area contributed by atoms with E-state index < -0.39 is 5.67 Å². The molecular weight excluding hydrogens is 393 g/mol. The molecule has 5 rings (SSSR count). The summed E-state index contributed by atoms with van der Waals surface area (Å²) in [5.74, 6) is 3.29. The normalized spacial score (nSPS) is 20.4. The van der Waals surface area contributed by atoms with Crippen molar-refractivity contribution in [3.05, 3.63) is 53.9 Å². The van der Waals surface area contributed by atoms with Crippen molar-refractivity contribution in [3.8, 4) is 11.5 Å². The molecule has 1 aliphatic carbocycles. The highest BCUT2D eigenvalue weighted by atomic mass is 19.1. The molecule has 1 saturated carbocycles. The Kier molecular flexibility index (Phi) is 5.99. The molecular formula is C25H30FN3O2. The summed E-state index contributed by atoms with van der Waals surface area (Å²) in [6, 6.07) is 13.2. The zero-order valence-electron chi connectivity index (χ0n) is 18.7. The minimum absolute atomic E-state index is 0.279. The molecule has 1 aliphatic heterocycles. The van der Waals surface area contributed by atoms with E-state index in [1.807, 2.05) is 56.3 Å². The molecule has 1 aromatic heterocycles. The SMILES string of the molecule is CC.COc1cc2nc(C3CC3)nc(N3CCC(F)(c4ccccc4)C3)c2cc1OC. The van der Waals surface area contributed by atoms with Gasteiger partial charge in [-0.05, 0) is 24.5 Å². The van der Waals surface area contributed by atoms with Crippen LogP contribution in [-0.2, 0) is 5.67 Å². The van der Waals surface area contributed by atoms with Crippen molar-refractivity contribution >= 4 is 16.7 Å². The lowest BCUT2D eigenvalue weighted by molar-refractivity contribution is 0.196. The first-order valence-corrected chi connectivity index (χ1v) is 11.0. The maximum absolute atomic E-state index is 15.8. The number of hydrogen-bond donors (Lipinski definition) is 0. The van der Waals surface area contributed by atoms with Gasteiger partial charge in [-0.15, -0.1) is 0 Å². The number of fused-ring (bicyclic) bond motifs is 1. The third-order valence-electron chi connectivity index (χ3n) is 5.95. The van der Waals surface area contributed by atoms with Crippen LogP contribution < -0.4 is 14.4 Å². The Morgan fingerprint density at radius 1 is 1.00 bits per heavy atom. The fraction of sp³-hybridized carbons (Fsp3) is 0.440. The second-order valence-corrected chi connectivity index (χ2v) is 7.91. The molecule has 2 fully saturated rings. The highest BCUT2D eigenvalue weighted by molar-refractivity contribution is 5.92. The topological polar surface area (TPSA) is 47.5 Å². The van der Waals surface area contributed by atoms with Crippen LogP contribution in [0, 0.1) is 0 Å². The summed E-state index contributed by atoms with van der Waals surface area (Å²) < 4.78 is 26.7. The number of halogens is 1. The first-order valence-electron chi connectivity index (χ1n) is 11.0. The van der Waals surface area contributed by atoms with Crippen LogP contribution in [0.5, 0.6) is 11.5 Å². The molecule has 0 radical (unpaired) electrons. The van der Waals surface area contributed by atoms with Crippen LogP contribution in [-0.4, -0.2) is 37.3 Å². The van der Waals surface area contributed by atoms with E-state index in [-0.39, 0.29) is 6.54 Å². The van der Waals surface area contributed by atoms with E-state index in [9.17, 15) is 0 Å². The second-order valence-electron chi connectivity index (χ2n) is 7.91. The smallest absolute Gasteiger partial charge is 0.162 e. The zero-order valence-corrected chi connectivity index (χ0v) is 18.7. The average Bonchev–Trinajstić information content (AvgIpc) is 3.60. The van der Waals surface area contributed by atoms with E-state index in [1.54, 1.807) is 14.2 Å². The molecule has 2 heterocycles. The van der Waals surface area contributed by atoms with Crippen molar-refractivity contribution in [2.75, 3.05) is 32.2 Å². The Balaban J connectivity index is 0.00000112. The van der Waals surface area contributed by atoms with Gasteiger partial charge in [-0.1, -0.05) is 44.2 Å². The van der Waals surface area contributed by atoms with Crippen LogP contribution in [0.15, 0.2) is 42.5 Å². The predicted molar refractivity (Wildman–Crippen MR) is 122 cm³/mol. The number of anilines is 1. The highest BCUT2D eigenvalue weighted by Gasteiger charge is 2.41. The van der Waals surface area contributed by atoms with E-state index in [1.165, 1.54) is 0 Å². The van der Waals surface area contributed by atoms with Gasteiger partial charge in [0.15, 0.2) is 17.2 Å². The van der Waals surface area contributed by atoms with Gasteiger partial charge in [0, 0.05) is 30.3 Å². The second kappa shape index (κ2) is 8.69. The molecule has 2 aromatic carbocycles. The van der Waals surface area contributed by atoms with Gasteiger partial charge in [0.25, 0.3) is 0 Å². The van der Waals surface area contributed by atoms with Gasteiger partial charge >= 0.3 is 0 Å². The van der Waals surface area contributed by atoms with E-state index in [4.69, 9.17) is 19.4 Å². The van der Waals surface area contributed by atoms with Gasteiger partial charge < -0.3 is 14.4 Å². The lowest BCUT2D eigenvalue weighted by atomic mass is 9.95. The fourth-order valence-corrected chi connectivity index (χ4v) is 4.15. The number of ether oxygens (including phenoxy) is 2. The van der Waals surface area contributed by atoms with Crippen LogP contribution in [0.3, 0.4) is 0 Å². The summed E-state index contributed by atoms with van der Waals surface area (Å²) in [4.78, 5) is 11.7. The molecule has 3 aromatic rings. The number of rotatable bonds is 5. The number of aromatic nitrogens is 2. The third-order valence-corrected chi connectivity index (χ3v) is 5.95. The van der Waals surface area contributed by atoms with Gasteiger partial charge in [-0.25, -0.2) is 14.4 Å². The van der Waals surface area contributed by atoms with Crippen molar-refractivity contribution in [2.45, 2.75) is 44.7 Å². The van der Waals surface area contributed by atoms with E-state index >= 15 is 4.39 Å². The van der Waals surface area contributed by atoms with Crippen molar-refractivity contribution in [2.24, 2.45) is 0 Å². The molecule has 1 atom stereocenters. The summed E-state index contributed by atoms with van der Waals surface area (Å²) in [5, 5.41) is 0.865. The van der Waals surface area contributed by atoms with Crippen LogP contribution in [0.1, 0.15) is 50.4 Å². The van der Waals surface area contributed by atoms with Crippen LogP contribution in [0.4, 0.5) is 10.2 Å². The minimum atomic E-state index is -1.38. The third kappa shape index (κ3) is 4.03. The van der Waals surface area contributed by atoms with E-state index in [0.29, 0.717) is 30.4 Å². The Morgan fingerprint density at radius 3 is 2.32 bits per heavy atom. The first kappa shape index (κ1) is 21.3. The summed E-state index contributed by atoms with van der Waals surface area (Å²) in [6.07, 6.45) is 2.65. The van der Waals surface area contributed by atoms with Crippen molar-refractivity contribution in [1.29, 1.82) is 0 Å². The molecule has 5 nitrogen and oxygen atoms in total. The molecule has 0 amide bonds. The monoisotopic (exact) mass is 423 g/mol. The summed E-state index contributed by atoms with van der Waals surface area (Å²) in [7, 11) is 3.23. The van der Waals surface area contributed by atoms with Crippen LogP contribution in [0.2, 0.25) is 0 Å². The summed E-state index contributed by atoms with van der Waals surface area (Å²) in [6.45, 7) is 4.89. The Hall–Kier alpha value is -2.89. The molecule has 0 bridgehead atoms. The molecule has 31 heavy (non-hydrogen) atoms. The largest absolute Gasteiger partial charge is 0.493 e. The number of hydrogen-bond acceptors (Lipinski definition) is 5. The summed E-state index contributed by atoms with van der Waals surface area (Å²) >= 11 is 0. The minimum Gasteiger partial charge on any atom is -0.493 e. The lowest BCUT2D eigenvalue weighted by Gasteiger charge is -2.23. The highest BCUT2D eigenvalue weighted by Crippen LogP contribution is 2.44. The number of nitrogens with zero attached hydrogens (tertiary/aromatic N) is 3. The Bertz CT molecular complexity index is 1060. The van der Waals surface area contributed by atoms with Crippen LogP contribution in [0.25, 0.3) is 10.9 Å². The van der Waals surface area contributed by atoms with Crippen molar-refractivity contribution in [1.82, 2.24) is 9.97 Å². The molecule has 2 aliphatic rings. The predicted octanol–water partition coefficient (Wildman–Crippen LogP) is 5.63. The molecule has 0 N–H and O–H groups in total. The average molecular weight is 424 g/mol. The Labute approximate surface area is 183 Å². The molecule has 1 unspecified atom stereocenters. The maximum atomic E-state index is 15.8. The van der Waals surface area contributed by atoms with E-state index in [0.717, 1.165) is 41.0 Å². The molecule has 0 spiro atoms. The summed E-state index contributed by atoms with van der Waals surface area (Å²) in [5.41, 5.74) is 0.155.